The quantitative estimate of drug-likeness (QED) is 0.690. The average molecular weight is 204 g/mol. The van der Waals surface area contributed by atoms with Gasteiger partial charge in [-0.05, 0) is 12.1 Å². The summed E-state index contributed by atoms with van der Waals surface area (Å²) >= 11 is 0. The van der Waals surface area contributed by atoms with Crippen molar-refractivity contribution in [2.75, 3.05) is 0 Å². The van der Waals surface area contributed by atoms with Crippen LogP contribution in [0.25, 0.3) is 0 Å². The molecule has 0 spiro atoms. The Morgan fingerprint density at radius 3 is 2.93 bits per heavy atom. The van der Waals surface area contributed by atoms with Crippen LogP contribution in [-0.4, -0.2) is 15.8 Å². The Morgan fingerprint density at radius 2 is 2.27 bits per heavy atom. The van der Waals surface area contributed by atoms with Gasteiger partial charge in [0.25, 0.3) is 5.56 Å². The first-order valence-electron chi connectivity index (χ1n) is 4.34. The van der Waals surface area contributed by atoms with Crippen molar-refractivity contribution in [3.8, 4) is 0 Å². The van der Waals surface area contributed by atoms with E-state index in [-0.39, 0.29) is 17.9 Å². The Labute approximate surface area is 85.0 Å². The van der Waals surface area contributed by atoms with Crippen LogP contribution >= 0.6 is 0 Å². The summed E-state index contributed by atoms with van der Waals surface area (Å²) in [7, 11) is 0. The SMILES string of the molecule is O=Cc1ccc(Cn2cnccc2=O)o1. The maximum absolute atomic E-state index is 11.3. The second-order valence-corrected chi connectivity index (χ2v) is 2.97. The lowest BCUT2D eigenvalue weighted by molar-refractivity contribution is 0.109. The lowest BCUT2D eigenvalue weighted by Gasteiger charge is -2.00. The number of carbonyl (C=O) groups excluding carboxylic acids is 1. The van der Waals surface area contributed by atoms with Gasteiger partial charge < -0.3 is 4.42 Å². The number of hydrogen-bond acceptors (Lipinski definition) is 4. The van der Waals surface area contributed by atoms with Crippen LogP contribution in [0.15, 0.2) is 39.9 Å². The molecule has 0 bridgehead atoms. The molecule has 0 saturated carbocycles. The first-order valence-corrected chi connectivity index (χ1v) is 4.34. The largest absolute Gasteiger partial charge is 0.456 e. The molecule has 2 rings (SSSR count). The number of carbonyl (C=O) groups is 1. The molecule has 0 amide bonds. The maximum Gasteiger partial charge on any atom is 0.253 e. The summed E-state index contributed by atoms with van der Waals surface area (Å²) in [6.45, 7) is 0.278. The normalized spacial score (nSPS) is 10.1. The third-order valence-electron chi connectivity index (χ3n) is 1.92. The topological polar surface area (TPSA) is 65.1 Å². The first kappa shape index (κ1) is 9.39. The van der Waals surface area contributed by atoms with E-state index in [0.717, 1.165) is 0 Å². The van der Waals surface area contributed by atoms with Gasteiger partial charge >= 0.3 is 0 Å². The van der Waals surface area contributed by atoms with Crippen LogP contribution in [0.4, 0.5) is 0 Å². The molecular weight excluding hydrogens is 196 g/mol. The number of aldehydes is 1. The molecule has 2 aromatic heterocycles. The highest BCUT2D eigenvalue weighted by atomic mass is 16.3. The van der Waals surface area contributed by atoms with Gasteiger partial charge in [-0.3, -0.25) is 14.2 Å². The first-order chi connectivity index (χ1) is 7.29. The van der Waals surface area contributed by atoms with Crippen LogP contribution in [0.3, 0.4) is 0 Å². The molecule has 0 unspecified atom stereocenters. The molecule has 15 heavy (non-hydrogen) atoms. The highest BCUT2D eigenvalue weighted by molar-refractivity contribution is 5.70. The highest BCUT2D eigenvalue weighted by Gasteiger charge is 2.02. The predicted molar refractivity (Wildman–Crippen MR) is 51.7 cm³/mol. The zero-order valence-corrected chi connectivity index (χ0v) is 7.79. The molecule has 2 aromatic rings. The van der Waals surface area contributed by atoms with Crippen molar-refractivity contribution in [1.82, 2.24) is 9.55 Å². The van der Waals surface area contributed by atoms with Crippen LogP contribution in [0.1, 0.15) is 16.3 Å². The van der Waals surface area contributed by atoms with Gasteiger partial charge in [-0.25, -0.2) is 4.98 Å². The minimum atomic E-state index is -0.158. The van der Waals surface area contributed by atoms with E-state index >= 15 is 0 Å². The van der Waals surface area contributed by atoms with E-state index in [0.29, 0.717) is 12.0 Å². The smallest absolute Gasteiger partial charge is 0.253 e. The lowest BCUT2D eigenvalue weighted by Crippen LogP contribution is -2.18. The molecule has 0 saturated heterocycles. The van der Waals surface area contributed by atoms with Crippen LogP contribution in [0, 0.1) is 0 Å². The molecular formula is C10H8N2O3. The van der Waals surface area contributed by atoms with Crippen molar-refractivity contribution in [3.05, 3.63) is 52.6 Å². The summed E-state index contributed by atoms with van der Waals surface area (Å²) in [6.07, 6.45) is 3.47. The molecule has 2 heterocycles. The molecule has 0 aromatic carbocycles. The van der Waals surface area contributed by atoms with E-state index < -0.39 is 0 Å². The van der Waals surface area contributed by atoms with E-state index in [4.69, 9.17) is 4.42 Å². The average Bonchev–Trinajstić information content (AvgIpc) is 2.69. The number of rotatable bonds is 3. The summed E-state index contributed by atoms with van der Waals surface area (Å²) in [5.41, 5.74) is -0.158. The fourth-order valence-corrected chi connectivity index (χ4v) is 1.21. The fraction of sp³-hybridized carbons (Fsp3) is 0.100. The van der Waals surface area contributed by atoms with Gasteiger partial charge in [0.1, 0.15) is 5.76 Å². The Morgan fingerprint density at radius 1 is 1.40 bits per heavy atom. The van der Waals surface area contributed by atoms with Crippen molar-refractivity contribution in [2.45, 2.75) is 6.54 Å². The maximum atomic E-state index is 11.3. The third kappa shape index (κ3) is 2.01. The molecule has 0 aliphatic rings. The van der Waals surface area contributed by atoms with Gasteiger partial charge in [0, 0.05) is 12.3 Å². The highest BCUT2D eigenvalue weighted by Crippen LogP contribution is 2.06. The minimum absolute atomic E-state index is 0.158. The van der Waals surface area contributed by atoms with E-state index in [2.05, 4.69) is 4.98 Å². The summed E-state index contributed by atoms with van der Waals surface area (Å²) in [5.74, 6) is 0.800. The standard InChI is InChI=1S/C10H8N2O3/c13-6-9-2-1-8(15-9)5-12-7-11-4-3-10(12)14/h1-4,6-7H,5H2. The minimum Gasteiger partial charge on any atom is -0.456 e. The number of furan rings is 1. The monoisotopic (exact) mass is 204 g/mol. The lowest BCUT2D eigenvalue weighted by atomic mass is 10.4. The number of hydrogen-bond donors (Lipinski definition) is 0. The second kappa shape index (κ2) is 3.91. The Bertz CT molecular complexity index is 527. The van der Waals surface area contributed by atoms with Gasteiger partial charge in [-0.2, -0.15) is 0 Å². The van der Waals surface area contributed by atoms with E-state index in [9.17, 15) is 9.59 Å². The Kier molecular flexibility index (Phi) is 2.45. The summed E-state index contributed by atoms with van der Waals surface area (Å²) in [6, 6.07) is 4.58. The van der Waals surface area contributed by atoms with Crippen molar-refractivity contribution >= 4 is 6.29 Å². The zero-order valence-electron chi connectivity index (χ0n) is 7.79. The molecule has 0 fully saturated rings. The summed E-state index contributed by atoms with van der Waals surface area (Å²) in [5, 5.41) is 0. The van der Waals surface area contributed by atoms with Gasteiger partial charge in [-0.15, -0.1) is 0 Å². The molecule has 76 valence electrons. The van der Waals surface area contributed by atoms with E-state index in [1.807, 2.05) is 0 Å². The summed E-state index contributed by atoms with van der Waals surface area (Å²) in [4.78, 5) is 25.5. The molecule has 0 N–H and O–H groups in total. The molecule has 0 aliphatic heterocycles. The Balaban J connectivity index is 2.25. The van der Waals surface area contributed by atoms with Crippen molar-refractivity contribution in [3.63, 3.8) is 0 Å². The van der Waals surface area contributed by atoms with Crippen LogP contribution < -0.4 is 5.56 Å². The van der Waals surface area contributed by atoms with Gasteiger partial charge in [-0.1, -0.05) is 0 Å². The van der Waals surface area contributed by atoms with Gasteiger partial charge in [0.15, 0.2) is 12.0 Å². The summed E-state index contributed by atoms with van der Waals surface area (Å²) < 4.78 is 6.53. The Hall–Kier alpha value is -2.17. The zero-order chi connectivity index (χ0) is 10.7. The molecule has 0 aliphatic carbocycles. The molecule has 0 radical (unpaired) electrons. The van der Waals surface area contributed by atoms with Crippen molar-refractivity contribution in [2.24, 2.45) is 0 Å². The van der Waals surface area contributed by atoms with Gasteiger partial charge in [0.2, 0.25) is 0 Å². The third-order valence-corrected chi connectivity index (χ3v) is 1.92. The second-order valence-electron chi connectivity index (χ2n) is 2.97. The van der Waals surface area contributed by atoms with E-state index in [1.54, 1.807) is 12.1 Å². The molecule has 5 heteroatoms. The van der Waals surface area contributed by atoms with Crippen molar-refractivity contribution < 1.29 is 9.21 Å². The predicted octanol–water partition coefficient (Wildman–Crippen LogP) is 0.697. The van der Waals surface area contributed by atoms with E-state index in [1.165, 1.54) is 23.2 Å². The van der Waals surface area contributed by atoms with Crippen LogP contribution in [0.5, 0.6) is 0 Å². The van der Waals surface area contributed by atoms with Gasteiger partial charge in [0.05, 0.1) is 12.9 Å². The number of aromatic nitrogens is 2. The van der Waals surface area contributed by atoms with Crippen LogP contribution in [-0.2, 0) is 6.54 Å². The number of nitrogens with zero attached hydrogens (tertiary/aromatic N) is 2. The fourth-order valence-electron chi connectivity index (χ4n) is 1.21. The molecule has 0 atom stereocenters. The molecule has 5 nitrogen and oxygen atoms in total. The van der Waals surface area contributed by atoms with Crippen LogP contribution in [0.2, 0.25) is 0 Å². The van der Waals surface area contributed by atoms with Crippen molar-refractivity contribution in [1.29, 1.82) is 0 Å².